The van der Waals surface area contributed by atoms with Crippen molar-refractivity contribution in [3.05, 3.63) is 69.9 Å². The van der Waals surface area contributed by atoms with E-state index in [1.165, 1.54) is 0 Å². The lowest BCUT2D eigenvalue weighted by Crippen LogP contribution is -2.25. The number of amides is 1. The van der Waals surface area contributed by atoms with Gasteiger partial charge in [-0.3, -0.25) is 9.48 Å². The van der Waals surface area contributed by atoms with Gasteiger partial charge in [0.15, 0.2) is 5.76 Å². The molecule has 3 rings (SSSR count). The second-order valence-electron chi connectivity index (χ2n) is 6.64. The fraction of sp³-hybridized carbons (Fsp3) is 0.333. The second-order valence-corrected chi connectivity index (χ2v) is 7.02. The molecule has 0 saturated carbocycles. The molecule has 0 saturated heterocycles. The summed E-state index contributed by atoms with van der Waals surface area (Å²) in [5.41, 5.74) is 2.81. The van der Waals surface area contributed by atoms with E-state index in [9.17, 15) is 4.79 Å². The number of para-hydroxylation sites is 1. The quantitative estimate of drug-likeness (QED) is 0.566. The molecule has 1 N–H and O–H groups in total. The smallest absolute Gasteiger partial charge is 0.286 e. The number of carbonyl (C=O) groups is 1. The molecule has 0 fully saturated rings. The van der Waals surface area contributed by atoms with Gasteiger partial charge < -0.3 is 14.5 Å². The Labute approximate surface area is 169 Å². The molecule has 6 nitrogen and oxygen atoms in total. The van der Waals surface area contributed by atoms with Gasteiger partial charge in [0.25, 0.3) is 5.91 Å². The third-order valence-corrected chi connectivity index (χ3v) is 5.02. The van der Waals surface area contributed by atoms with Gasteiger partial charge >= 0.3 is 0 Å². The van der Waals surface area contributed by atoms with E-state index in [0.29, 0.717) is 23.9 Å². The third kappa shape index (κ3) is 4.75. The summed E-state index contributed by atoms with van der Waals surface area (Å²) < 4.78 is 13.2. The van der Waals surface area contributed by atoms with Crippen molar-refractivity contribution in [2.75, 3.05) is 6.54 Å². The second kappa shape index (κ2) is 8.97. The molecule has 0 aliphatic heterocycles. The number of ether oxygens (including phenoxy) is 1. The summed E-state index contributed by atoms with van der Waals surface area (Å²) in [5, 5.41) is 7.93. The van der Waals surface area contributed by atoms with Crippen molar-refractivity contribution in [3.63, 3.8) is 0 Å². The molecule has 0 bridgehead atoms. The number of hydrogen-bond donors (Lipinski definition) is 1. The summed E-state index contributed by atoms with van der Waals surface area (Å²) in [6, 6.07) is 11.2. The summed E-state index contributed by atoms with van der Waals surface area (Å²) in [6.45, 7) is 7.28. The topological polar surface area (TPSA) is 69.3 Å². The number of benzene rings is 1. The van der Waals surface area contributed by atoms with Crippen LogP contribution in [0.15, 0.2) is 40.8 Å². The summed E-state index contributed by atoms with van der Waals surface area (Å²) in [4.78, 5) is 12.2. The largest absolute Gasteiger partial charge is 0.485 e. The SMILES string of the molecule is Cc1ccccc1OCc1ccc(C(=O)NCCCn2nc(C)c(Cl)c2C)o1. The Morgan fingerprint density at radius 3 is 2.71 bits per heavy atom. The zero-order chi connectivity index (χ0) is 20.1. The number of aromatic nitrogens is 2. The lowest BCUT2D eigenvalue weighted by molar-refractivity contribution is 0.0920. The Morgan fingerprint density at radius 1 is 1.21 bits per heavy atom. The van der Waals surface area contributed by atoms with Crippen LogP contribution in [0.25, 0.3) is 0 Å². The molecule has 148 valence electrons. The predicted octanol–water partition coefficient (Wildman–Crippen LogP) is 4.45. The fourth-order valence-electron chi connectivity index (χ4n) is 2.86. The number of furan rings is 1. The number of rotatable bonds is 8. The van der Waals surface area contributed by atoms with Gasteiger partial charge in [-0.05, 0) is 51.0 Å². The van der Waals surface area contributed by atoms with Crippen LogP contribution in [0, 0.1) is 20.8 Å². The number of nitrogens with zero attached hydrogens (tertiary/aromatic N) is 2. The Morgan fingerprint density at radius 2 is 2.00 bits per heavy atom. The van der Waals surface area contributed by atoms with E-state index >= 15 is 0 Å². The van der Waals surface area contributed by atoms with Crippen molar-refractivity contribution in [1.29, 1.82) is 0 Å². The van der Waals surface area contributed by atoms with E-state index in [4.69, 9.17) is 20.8 Å². The predicted molar refractivity (Wildman–Crippen MR) is 108 cm³/mol. The van der Waals surface area contributed by atoms with Crippen LogP contribution in [0.1, 0.15) is 39.7 Å². The summed E-state index contributed by atoms with van der Waals surface area (Å²) >= 11 is 6.14. The lowest BCUT2D eigenvalue weighted by atomic mass is 10.2. The van der Waals surface area contributed by atoms with E-state index in [1.807, 2.05) is 49.7 Å². The number of aryl methyl sites for hydroxylation is 3. The van der Waals surface area contributed by atoms with Crippen molar-refractivity contribution in [2.24, 2.45) is 0 Å². The molecule has 0 spiro atoms. The van der Waals surface area contributed by atoms with E-state index in [0.717, 1.165) is 29.1 Å². The average molecular weight is 402 g/mol. The summed E-state index contributed by atoms with van der Waals surface area (Å²) in [5.74, 6) is 1.44. The van der Waals surface area contributed by atoms with Gasteiger partial charge in [-0.1, -0.05) is 29.8 Å². The van der Waals surface area contributed by atoms with Gasteiger partial charge in [0, 0.05) is 13.1 Å². The molecular weight excluding hydrogens is 378 g/mol. The standard InChI is InChI=1S/C21H24ClN3O3/c1-14-7-4-5-8-18(14)27-13-17-9-10-19(28-17)21(26)23-11-6-12-25-16(3)20(22)15(2)24-25/h4-5,7-10H,6,11-13H2,1-3H3,(H,23,26). The van der Waals surface area contributed by atoms with Gasteiger partial charge in [0.2, 0.25) is 0 Å². The molecule has 7 heteroatoms. The van der Waals surface area contributed by atoms with Crippen LogP contribution in [0.5, 0.6) is 5.75 Å². The maximum absolute atomic E-state index is 12.2. The van der Waals surface area contributed by atoms with Crippen LogP contribution >= 0.6 is 11.6 Å². The summed E-state index contributed by atoms with van der Waals surface area (Å²) in [7, 11) is 0. The monoisotopic (exact) mass is 401 g/mol. The normalized spacial score (nSPS) is 10.9. The van der Waals surface area contributed by atoms with Crippen LogP contribution in [0.4, 0.5) is 0 Å². The first-order chi connectivity index (χ1) is 13.5. The van der Waals surface area contributed by atoms with Gasteiger partial charge in [-0.15, -0.1) is 0 Å². The van der Waals surface area contributed by atoms with Crippen molar-refractivity contribution < 1.29 is 13.9 Å². The first kappa shape index (κ1) is 20.0. The van der Waals surface area contributed by atoms with Crippen molar-refractivity contribution in [2.45, 2.75) is 40.3 Å². The highest BCUT2D eigenvalue weighted by atomic mass is 35.5. The molecular formula is C21H24ClN3O3. The average Bonchev–Trinajstić information content (AvgIpc) is 3.25. The summed E-state index contributed by atoms with van der Waals surface area (Å²) in [6.07, 6.45) is 0.744. The van der Waals surface area contributed by atoms with E-state index < -0.39 is 0 Å². The maximum Gasteiger partial charge on any atom is 0.286 e. The first-order valence-corrected chi connectivity index (χ1v) is 9.58. The van der Waals surface area contributed by atoms with Gasteiger partial charge in [0.1, 0.15) is 18.1 Å². The minimum absolute atomic E-state index is 0.242. The van der Waals surface area contributed by atoms with Crippen LogP contribution in [-0.2, 0) is 13.2 Å². The highest BCUT2D eigenvalue weighted by molar-refractivity contribution is 6.31. The zero-order valence-corrected chi connectivity index (χ0v) is 17.0. The van der Waals surface area contributed by atoms with Gasteiger partial charge in [-0.2, -0.15) is 5.10 Å². The van der Waals surface area contributed by atoms with Crippen LogP contribution < -0.4 is 10.1 Å². The molecule has 3 aromatic rings. The van der Waals surface area contributed by atoms with Crippen molar-refractivity contribution in [1.82, 2.24) is 15.1 Å². The molecule has 0 aliphatic rings. The van der Waals surface area contributed by atoms with Crippen molar-refractivity contribution >= 4 is 17.5 Å². The molecule has 1 aromatic carbocycles. The Balaban J connectivity index is 1.45. The Hall–Kier alpha value is -2.73. The van der Waals surface area contributed by atoms with E-state index in [2.05, 4.69) is 10.4 Å². The van der Waals surface area contributed by atoms with Crippen LogP contribution in [-0.4, -0.2) is 22.2 Å². The highest BCUT2D eigenvalue weighted by Crippen LogP contribution is 2.20. The minimum Gasteiger partial charge on any atom is -0.485 e. The molecule has 2 heterocycles. The van der Waals surface area contributed by atoms with Gasteiger partial charge in [-0.25, -0.2) is 0 Å². The minimum atomic E-state index is -0.242. The van der Waals surface area contributed by atoms with Crippen LogP contribution in [0.2, 0.25) is 5.02 Å². The molecule has 0 radical (unpaired) electrons. The zero-order valence-electron chi connectivity index (χ0n) is 16.3. The van der Waals surface area contributed by atoms with E-state index in [1.54, 1.807) is 12.1 Å². The Bertz CT molecular complexity index is 962. The molecule has 0 atom stereocenters. The number of halogens is 1. The van der Waals surface area contributed by atoms with Crippen LogP contribution in [0.3, 0.4) is 0 Å². The number of carbonyl (C=O) groups excluding carboxylic acids is 1. The third-order valence-electron chi connectivity index (χ3n) is 4.47. The lowest BCUT2D eigenvalue weighted by Gasteiger charge is -2.07. The first-order valence-electron chi connectivity index (χ1n) is 9.20. The highest BCUT2D eigenvalue weighted by Gasteiger charge is 2.12. The molecule has 0 unspecified atom stereocenters. The fourth-order valence-corrected chi connectivity index (χ4v) is 2.99. The molecule has 2 aromatic heterocycles. The van der Waals surface area contributed by atoms with Crippen molar-refractivity contribution in [3.8, 4) is 5.75 Å². The Kier molecular flexibility index (Phi) is 6.41. The molecule has 1 amide bonds. The number of nitrogens with one attached hydrogen (secondary N) is 1. The van der Waals surface area contributed by atoms with E-state index in [-0.39, 0.29) is 18.3 Å². The van der Waals surface area contributed by atoms with Gasteiger partial charge in [0.05, 0.1) is 16.4 Å². The molecule has 28 heavy (non-hydrogen) atoms. The molecule has 0 aliphatic carbocycles. The number of hydrogen-bond acceptors (Lipinski definition) is 4. The maximum atomic E-state index is 12.2.